The van der Waals surface area contributed by atoms with Crippen LogP contribution < -0.4 is 5.32 Å². The van der Waals surface area contributed by atoms with E-state index >= 15 is 0 Å². The van der Waals surface area contributed by atoms with Crippen LogP contribution in [0, 0.1) is 0 Å². The minimum absolute atomic E-state index is 0.0782. The van der Waals surface area contributed by atoms with Gasteiger partial charge in [-0.15, -0.1) is 0 Å². The SMILES string of the molecule is CCCNc1ncccc1CN1CC(C)OC(CO)C1. The average Bonchev–Trinajstić information content (AvgIpc) is 2.45. The standard InChI is InChI=1S/C15H25N3O2/c1-3-6-16-15-13(5-4-7-17-15)9-18-8-12(2)20-14(10-18)11-19/h4-5,7,12,14,19H,3,6,8-11H2,1-2H3,(H,16,17). The molecule has 2 heterocycles. The molecule has 0 aromatic carbocycles. The molecule has 1 aliphatic rings. The highest BCUT2D eigenvalue weighted by atomic mass is 16.5. The first-order chi connectivity index (χ1) is 9.72. The third kappa shape index (κ3) is 4.16. The van der Waals surface area contributed by atoms with Crippen molar-refractivity contribution >= 4 is 5.82 Å². The van der Waals surface area contributed by atoms with Crippen LogP contribution >= 0.6 is 0 Å². The molecule has 0 spiro atoms. The number of anilines is 1. The van der Waals surface area contributed by atoms with Gasteiger partial charge in [0.05, 0.1) is 18.8 Å². The summed E-state index contributed by atoms with van der Waals surface area (Å²) in [5, 5.41) is 12.7. The average molecular weight is 279 g/mol. The predicted molar refractivity (Wildman–Crippen MR) is 79.7 cm³/mol. The van der Waals surface area contributed by atoms with E-state index in [1.165, 1.54) is 5.56 Å². The normalized spacial score (nSPS) is 23.8. The summed E-state index contributed by atoms with van der Waals surface area (Å²) in [5.41, 5.74) is 1.20. The Bertz CT molecular complexity index is 414. The molecule has 1 aromatic heterocycles. The minimum Gasteiger partial charge on any atom is -0.394 e. The first-order valence-corrected chi connectivity index (χ1v) is 7.39. The second kappa shape index (κ2) is 7.57. The number of nitrogens with one attached hydrogen (secondary N) is 1. The molecule has 0 saturated carbocycles. The van der Waals surface area contributed by atoms with Crippen LogP contribution in [0.4, 0.5) is 5.82 Å². The first kappa shape index (κ1) is 15.2. The summed E-state index contributed by atoms with van der Waals surface area (Å²) >= 11 is 0. The van der Waals surface area contributed by atoms with Gasteiger partial charge in [0, 0.05) is 37.9 Å². The molecular weight excluding hydrogens is 254 g/mol. The second-order valence-corrected chi connectivity index (χ2v) is 5.38. The summed E-state index contributed by atoms with van der Waals surface area (Å²) in [5.74, 6) is 0.967. The number of rotatable bonds is 6. The molecule has 112 valence electrons. The molecule has 2 atom stereocenters. The Morgan fingerprint density at radius 2 is 2.35 bits per heavy atom. The van der Waals surface area contributed by atoms with Gasteiger partial charge in [0.2, 0.25) is 0 Å². The Morgan fingerprint density at radius 1 is 1.50 bits per heavy atom. The zero-order valence-electron chi connectivity index (χ0n) is 12.4. The molecule has 1 aliphatic heterocycles. The number of aromatic nitrogens is 1. The topological polar surface area (TPSA) is 57.6 Å². The molecule has 1 aromatic rings. The Labute approximate surface area is 121 Å². The quantitative estimate of drug-likeness (QED) is 0.826. The van der Waals surface area contributed by atoms with Crippen molar-refractivity contribution in [3.8, 4) is 0 Å². The van der Waals surface area contributed by atoms with Crippen LogP contribution in [0.25, 0.3) is 0 Å². The lowest BCUT2D eigenvalue weighted by atomic mass is 10.1. The molecule has 0 radical (unpaired) electrons. The van der Waals surface area contributed by atoms with Crippen LogP contribution in [-0.2, 0) is 11.3 Å². The van der Waals surface area contributed by atoms with Gasteiger partial charge in [-0.05, 0) is 19.4 Å². The van der Waals surface area contributed by atoms with Crippen molar-refractivity contribution in [1.29, 1.82) is 0 Å². The molecular formula is C15H25N3O2. The van der Waals surface area contributed by atoms with Crippen molar-refractivity contribution in [3.05, 3.63) is 23.9 Å². The van der Waals surface area contributed by atoms with Gasteiger partial charge < -0.3 is 15.2 Å². The van der Waals surface area contributed by atoms with E-state index in [0.29, 0.717) is 0 Å². The largest absolute Gasteiger partial charge is 0.394 e. The van der Waals surface area contributed by atoms with Gasteiger partial charge in [-0.3, -0.25) is 4.90 Å². The molecule has 2 unspecified atom stereocenters. The number of nitrogens with zero attached hydrogens (tertiary/aromatic N) is 2. The zero-order valence-corrected chi connectivity index (χ0v) is 12.4. The molecule has 1 fully saturated rings. The summed E-state index contributed by atoms with van der Waals surface area (Å²) in [6, 6.07) is 4.08. The number of aliphatic hydroxyl groups excluding tert-OH is 1. The highest BCUT2D eigenvalue weighted by molar-refractivity contribution is 5.43. The van der Waals surface area contributed by atoms with Crippen LogP contribution in [0.5, 0.6) is 0 Å². The number of ether oxygens (including phenoxy) is 1. The lowest BCUT2D eigenvalue weighted by Gasteiger charge is -2.36. The van der Waals surface area contributed by atoms with Gasteiger partial charge in [-0.1, -0.05) is 13.0 Å². The highest BCUT2D eigenvalue weighted by Gasteiger charge is 2.25. The van der Waals surface area contributed by atoms with Crippen LogP contribution in [-0.4, -0.2) is 53.4 Å². The van der Waals surface area contributed by atoms with Gasteiger partial charge in [0.15, 0.2) is 0 Å². The van der Waals surface area contributed by atoms with Gasteiger partial charge in [0.1, 0.15) is 5.82 Å². The Kier molecular flexibility index (Phi) is 5.76. The summed E-state index contributed by atoms with van der Waals surface area (Å²) < 4.78 is 5.68. The molecule has 20 heavy (non-hydrogen) atoms. The summed E-state index contributed by atoms with van der Waals surface area (Å²) in [6.07, 6.45) is 2.98. The van der Waals surface area contributed by atoms with Crippen LogP contribution in [0.1, 0.15) is 25.8 Å². The first-order valence-electron chi connectivity index (χ1n) is 7.39. The molecule has 2 N–H and O–H groups in total. The van der Waals surface area contributed by atoms with Crippen molar-refractivity contribution in [2.75, 3.05) is 31.6 Å². The number of aliphatic hydroxyl groups is 1. The monoisotopic (exact) mass is 279 g/mol. The molecule has 5 heteroatoms. The predicted octanol–water partition coefficient (Wildman–Crippen LogP) is 1.49. The second-order valence-electron chi connectivity index (χ2n) is 5.38. The fraction of sp³-hybridized carbons (Fsp3) is 0.667. The lowest BCUT2D eigenvalue weighted by molar-refractivity contribution is -0.0972. The van der Waals surface area contributed by atoms with Crippen LogP contribution in [0.15, 0.2) is 18.3 Å². The van der Waals surface area contributed by atoms with Gasteiger partial charge in [-0.2, -0.15) is 0 Å². The number of pyridine rings is 1. The van der Waals surface area contributed by atoms with E-state index in [0.717, 1.165) is 38.4 Å². The third-order valence-electron chi connectivity index (χ3n) is 3.43. The maximum Gasteiger partial charge on any atom is 0.130 e. The van der Waals surface area contributed by atoms with E-state index in [1.807, 2.05) is 19.2 Å². The highest BCUT2D eigenvalue weighted by Crippen LogP contribution is 2.18. The van der Waals surface area contributed by atoms with Gasteiger partial charge in [-0.25, -0.2) is 4.98 Å². The maximum atomic E-state index is 9.29. The molecule has 0 aliphatic carbocycles. The van der Waals surface area contributed by atoms with E-state index in [2.05, 4.69) is 28.2 Å². The van der Waals surface area contributed by atoms with E-state index in [9.17, 15) is 5.11 Å². The van der Waals surface area contributed by atoms with E-state index in [1.54, 1.807) is 0 Å². The Hall–Kier alpha value is -1.17. The van der Waals surface area contributed by atoms with E-state index < -0.39 is 0 Å². The smallest absolute Gasteiger partial charge is 0.130 e. The number of hydrogen-bond donors (Lipinski definition) is 2. The van der Waals surface area contributed by atoms with Crippen molar-refractivity contribution in [3.63, 3.8) is 0 Å². The fourth-order valence-corrected chi connectivity index (χ4v) is 2.58. The van der Waals surface area contributed by atoms with Crippen molar-refractivity contribution in [2.45, 2.75) is 39.0 Å². The maximum absolute atomic E-state index is 9.29. The molecule has 5 nitrogen and oxygen atoms in total. The zero-order chi connectivity index (χ0) is 14.4. The molecule has 0 bridgehead atoms. The summed E-state index contributed by atoms with van der Waals surface area (Å²) in [7, 11) is 0. The summed E-state index contributed by atoms with van der Waals surface area (Å²) in [4.78, 5) is 6.74. The fourth-order valence-electron chi connectivity index (χ4n) is 2.58. The summed E-state index contributed by atoms with van der Waals surface area (Å²) in [6.45, 7) is 7.70. The molecule has 2 rings (SSSR count). The van der Waals surface area contributed by atoms with Crippen molar-refractivity contribution < 1.29 is 9.84 Å². The van der Waals surface area contributed by atoms with Crippen LogP contribution in [0.2, 0.25) is 0 Å². The minimum atomic E-state index is -0.0810. The Balaban J connectivity index is 2.01. The Morgan fingerprint density at radius 3 is 3.10 bits per heavy atom. The third-order valence-corrected chi connectivity index (χ3v) is 3.43. The molecule has 1 saturated heterocycles. The van der Waals surface area contributed by atoms with E-state index in [-0.39, 0.29) is 18.8 Å². The lowest BCUT2D eigenvalue weighted by Crippen LogP contribution is -2.47. The number of morpholine rings is 1. The van der Waals surface area contributed by atoms with Crippen molar-refractivity contribution in [1.82, 2.24) is 9.88 Å². The van der Waals surface area contributed by atoms with Gasteiger partial charge >= 0.3 is 0 Å². The van der Waals surface area contributed by atoms with Crippen LogP contribution in [0.3, 0.4) is 0 Å². The molecule has 0 amide bonds. The van der Waals surface area contributed by atoms with Crippen molar-refractivity contribution in [2.24, 2.45) is 0 Å². The number of hydrogen-bond acceptors (Lipinski definition) is 5. The van der Waals surface area contributed by atoms with Gasteiger partial charge in [0.25, 0.3) is 0 Å². The van der Waals surface area contributed by atoms with E-state index in [4.69, 9.17) is 4.74 Å².